The number of ether oxygens (including phenoxy) is 1. The second-order valence-corrected chi connectivity index (χ2v) is 4.66. The average molecular weight is 231 g/mol. The van der Waals surface area contributed by atoms with E-state index in [0.717, 1.165) is 26.1 Å². The summed E-state index contributed by atoms with van der Waals surface area (Å²) < 4.78 is 5.54. The minimum absolute atomic E-state index is 0.177. The van der Waals surface area contributed by atoms with E-state index in [-0.39, 0.29) is 12.6 Å². The standard InChI is InChI=1S/C13H29NO2/c1-4-5-6-7-9-16-10-8-13(11-15)14-12(2)3/h12-15H,4-11H2,1-3H3. The first-order valence-electron chi connectivity index (χ1n) is 6.65. The van der Waals surface area contributed by atoms with Crippen molar-refractivity contribution in [2.24, 2.45) is 0 Å². The van der Waals surface area contributed by atoms with Gasteiger partial charge in [-0.15, -0.1) is 0 Å². The van der Waals surface area contributed by atoms with Gasteiger partial charge in [-0.3, -0.25) is 0 Å². The second-order valence-electron chi connectivity index (χ2n) is 4.66. The molecule has 0 aliphatic rings. The zero-order valence-electron chi connectivity index (χ0n) is 11.2. The fourth-order valence-electron chi connectivity index (χ4n) is 1.66. The van der Waals surface area contributed by atoms with Gasteiger partial charge < -0.3 is 15.2 Å². The van der Waals surface area contributed by atoms with E-state index in [0.29, 0.717) is 6.04 Å². The van der Waals surface area contributed by atoms with Crippen molar-refractivity contribution in [1.82, 2.24) is 5.32 Å². The lowest BCUT2D eigenvalue weighted by Gasteiger charge is -2.18. The Balaban J connectivity index is 3.27. The maximum absolute atomic E-state index is 9.13. The van der Waals surface area contributed by atoms with Crippen molar-refractivity contribution in [1.29, 1.82) is 0 Å². The molecule has 1 unspecified atom stereocenters. The third-order valence-corrected chi connectivity index (χ3v) is 2.54. The fourth-order valence-corrected chi connectivity index (χ4v) is 1.66. The summed E-state index contributed by atoms with van der Waals surface area (Å²) in [5, 5.41) is 12.4. The number of unbranched alkanes of at least 4 members (excludes halogenated alkanes) is 3. The van der Waals surface area contributed by atoms with Crippen molar-refractivity contribution in [3.05, 3.63) is 0 Å². The molecule has 0 aromatic heterocycles. The quantitative estimate of drug-likeness (QED) is 0.536. The van der Waals surface area contributed by atoms with Crippen LogP contribution in [0.4, 0.5) is 0 Å². The zero-order chi connectivity index (χ0) is 12.2. The van der Waals surface area contributed by atoms with Crippen LogP contribution in [0.5, 0.6) is 0 Å². The van der Waals surface area contributed by atoms with Crippen LogP contribution in [0.25, 0.3) is 0 Å². The first kappa shape index (κ1) is 15.9. The van der Waals surface area contributed by atoms with Crippen molar-refractivity contribution >= 4 is 0 Å². The Labute approximate surface area is 101 Å². The predicted molar refractivity (Wildman–Crippen MR) is 68.7 cm³/mol. The number of rotatable bonds is 11. The highest BCUT2D eigenvalue weighted by Gasteiger charge is 2.07. The van der Waals surface area contributed by atoms with Gasteiger partial charge in [0.2, 0.25) is 0 Å². The molecule has 1 atom stereocenters. The summed E-state index contributed by atoms with van der Waals surface area (Å²) in [6.07, 6.45) is 5.89. The summed E-state index contributed by atoms with van der Waals surface area (Å²) in [6.45, 7) is 8.20. The predicted octanol–water partition coefficient (Wildman–Crippen LogP) is 2.33. The van der Waals surface area contributed by atoms with Gasteiger partial charge in [-0.05, 0) is 12.8 Å². The van der Waals surface area contributed by atoms with Crippen LogP contribution in [0.3, 0.4) is 0 Å². The van der Waals surface area contributed by atoms with E-state index in [2.05, 4.69) is 26.1 Å². The highest BCUT2D eigenvalue weighted by Crippen LogP contribution is 2.00. The first-order chi connectivity index (χ1) is 7.70. The second kappa shape index (κ2) is 11.4. The number of hydrogen-bond donors (Lipinski definition) is 2. The molecule has 0 amide bonds. The van der Waals surface area contributed by atoms with Gasteiger partial charge in [0.25, 0.3) is 0 Å². The lowest BCUT2D eigenvalue weighted by Crippen LogP contribution is -2.38. The summed E-state index contributed by atoms with van der Waals surface area (Å²) in [5.41, 5.74) is 0. The number of nitrogens with one attached hydrogen (secondary N) is 1. The van der Waals surface area contributed by atoms with Crippen molar-refractivity contribution in [2.75, 3.05) is 19.8 Å². The molecular formula is C13H29NO2. The molecular weight excluding hydrogens is 202 g/mol. The van der Waals surface area contributed by atoms with Crippen LogP contribution < -0.4 is 5.32 Å². The van der Waals surface area contributed by atoms with Crippen LogP contribution in [0.1, 0.15) is 52.9 Å². The van der Waals surface area contributed by atoms with E-state index in [4.69, 9.17) is 9.84 Å². The molecule has 0 fully saturated rings. The molecule has 0 radical (unpaired) electrons. The summed E-state index contributed by atoms with van der Waals surface area (Å²) in [5.74, 6) is 0. The van der Waals surface area contributed by atoms with E-state index in [1.807, 2.05) is 0 Å². The van der Waals surface area contributed by atoms with Gasteiger partial charge in [-0.2, -0.15) is 0 Å². The highest BCUT2D eigenvalue weighted by molar-refractivity contribution is 4.67. The van der Waals surface area contributed by atoms with E-state index in [9.17, 15) is 0 Å². The molecule has 2 N–H and O–H groups in total. The molecule has 98 valence electrons. The maximum atomic E-state index is 9.13. The highest BCUT2D eigenvalue weighted by atomic mass is 16.5. The van der Waals surface area contributed by atoms with Gasteiger partial charge in [0.1, 0.15) is 0 Å². The Morgan fingerprint density at radius 3 is 2.44 bits per heavy atom. The minimum atomic E-state index is 0.177. The summed E-state index contributed by atoms with van der Waals surface area (Å²) >= 11 is 0. The zero-order valence-corrected chi connectivity index (χ0v) is 11.2. The lowest BCUT2D eigenvalue weighted by atomic mass is 10.2. The molecule has 0 aromatic carbocycles. The van der Waals surface area contributed by atoms with Crippen LogP contribution in [0.2, 0.25) is 0 Å². The summed E-state index contributed by atoms with van der Waals surface area (Å²) in [6, 6.07) is 0.595. The minimum Gasteiger partial charge on any atom is -0.395 e. The maximum Gasteiger partial charge on any atom is 0.0585 e. The number of aliphatic hydroxyl groups is 1. The molecule has 0 aliphatic carbocycles. The van der Waals surface area contributed by atoms with Crippen LogP contribution in [-0.2, 0) is 4.74 Å². The van der Waals surface area contributed by atoms with Gasteiger partial charge in [0, 0.05) is 25.3 Å². The van der Waals surface area contributed by atoms with E-state index in [1.165, 1.54) is 19.3 Å². The van der Waals surface area contributed by atoms with Gasteiger partial charge in [0.15, 0.2) is 0 Å². The van der Waals surface area contributed by atoms with Gasteiger partial charge in [-0.1, -0.05) is 40.0 Å². The Kier molecular flexibility index (Phi) is 11.3. The Bertz CT molecular complexity index is 140. The molecule has 0 saturated carbocycles. The van der Waals surface area contributed by atoms with Crippen molar-refractivity contribution in [2.45, 2.75) is 65.0 Å². The molecule has 16 heavy (non-hydrogen) atoms. The molecule has 0 aromatic rings. The van der Waals surface area contributed by atoms with E-state index >= 15 is 0 Å². The smallest absolute Gasteiger partial charge is 0.0585 e. The summed E-state index contributed by atoms with van der Waals surface area (Å²) in [4.78, 5) is 0. The van der Waals surface area contributed by atoms with Gasteiger partial charge in [-0.25, -0.2) is 0 Å². The molecule has 0 rings (SSSR count). The van der Waals surface area contributed by atoms with Crippen LogP contribution in [-0.4, -0.2) is 37.0 Å². The molecule has 0 heterocycles. The van der Waals surface area contributed by atoms with Crippen LogP contribution in [0, 0.1) is 0 Å². The van der Waals surface area contributed by atoms with Crippen LogP contribution in [0.15, 0.2) is 0 Å². The van der Waals surface area contributed by atoms with Crippen LogP contribution >= 0.6 is 0 Å². The molecule has 0 bridgehead atoms. The van der Waals surface area contributed by atoms with Gasteiger partial charge >= 0.3 is 0 Å². The Hall–Kier alpha value is -0.120. The molecule has 0 saturated heterocycles. The molecule has 0 spiro atoms. The van der Waals surface area contributed by atoms with Crippen molar-refractivity contribution in [3.8, 4) is 0 Å². The topological polar surface area (TPSA) is 41.5 Å². The third kappa shape index (κ3) is 10.4. The average Bonchev–Trinajstić information content (AvgIpc) is 2.25. The van der Waals surface area contributed by atoms with E-state index in [1.54, 1.807) is 0 Å². The molecule has 3 nitrogen and oxygen atoms in total. The normalized spacial score (nSPS) is 13.3. The lowest BCUT2D eigenvalue weighted by molar-refractivity contribution is 0.109. The van der Waals surface area contributed by atoms with Gasteiger partial charge in [0.05, 0.1) is 6.61 Å². The summed E-state index contributed by atoms with van der Waals surface area (Å²) in [7, 11) is 0. The molecule has 3 heteroatoms. The van der Waals surface area contributed by atoms with Crippen molar-refractivity contribution in [3.63, 3.8) is 0 Å². The monoisotopic (exact) mass is 231 g/mol. The number of hydrogen-bond acceptors (Lipinski definition) is 3. The number of aliphatic hydroxyl groups excluding tert-OH is 1. The largest absolute Gasteiger partial charge is 0.395 e. The molecule has 0 aliphatic heterocycles. The van der Waals surface area contributed by atoms with E-state index < -0.39 is 0 Å². The Morgan fingerprint density at radius 2 is 1.88 bits per heavy atom. The first-order valence-corrected chi connectivity index (χ1v) is 6.65. The van der Waals surface area contributed by atoms with Crippen molar-refractivity contribution < 1.29 is 9.84 Å². The SMILES string of the molecule is CCCCCCOCCC(CO)NC(C)C. The third-order valence-electron chi connectivity index (χ3n) is 2.54. The fraction of sp³-hybridized carbons (Fsp3) is 1.00. The Morgan fingerprint density at radius 1 is 1.12 bits per heavy atom.